The highest BCUT2D eigenvalue weighted by atomic mass is 35.5. The van der Waals surface area contributed by atoms with Gasteiger partial charge in [-0.2, -0.15) is 9.36 Å². The van der Waals surface area contributed by atoms with Gasteiger partial charge >= 0.3 is 5.69 Å². The Morgan fingerprint density at radius 3 is 2.67 bits per heavy atom. The van der Waals surface area contributed by atoms with Crippen molar-refractivity contribution >= 4 is 11.6 Å². The molecule has 1 saturated heterocycles. The molecule has 1 aromatic heterocycles. The zero-order valence-electron chi connectivity index (χ0n) is 11.9. The van der Waals surface area contributed by atoms with E-state index in [4.69, 9.17) is 11.6 Å². The lowest BCUT2D eigenvalue weighted by Crippen LogP contribution is -2.38. The van der Waals surface area contributed by atoms with Gasteiger partial charge in [-0.05, 0) is 41.3 Å². The molecule has 0 spiro atoms. The van der Waals surface area contributed by atoms with Crippen LogP contribution < -0.4 is 5.69 Å². The fourth-order valence-electron chi connectivity index (χ4n) is 2.53. The number of nitrogens with zero attached hydrogens (tertiary/aromatic N) is 5. The lowest BCUT2D eigenvalue weighted by Gasteiger charge is -2.29. The van der Waals surface area contributed by atoms with Crippen molar-refractivity contribution in [2.45, 2.75) is 26.4 Å². The van der Waals surface area contributed by atoms with E-state index in [0.717, 1.165) is 31.8 Å². The summed E-state index contributed by atoms with van der Waals surface area (Å²) in [6.07, 6.45) is 2.32. The third kappa shape index (κ3) is 3.01. The average molecular weight is 308 g/mol. The molecule has 1 aromatic carbocycles. The second-order valence-corrected chi connectivity index (χ2v) is 5.97. The van der Waals surface area contributed by atoms with Crippen molar-refractivity contribution in [3.05, 3.63) is 39.8 Å². The summed E-state index contributed by atoms with van der Waals surface area (Å²) >= 11 is 6.10. The van der Waals surface area contributed by atoms with Crippen molar-refractivity contribution < 1.29 is 0 Å². The van der Waals surface area contributed by atoms with Crippen LogP contribution in [0, 0.1) is 5.92 Å². The number of hydrogen-bond donors (Lipinski definition) is 0. The molecule has 0 saturated carbocycles. The molecule has 2 heterocycles. The van der Waals surface area contributed by atoms with Gasteiger partial charge in [0.15, 0.2) is 0 Å². The Bertz CT molecular complexity index is 672. The summed E-state index contributed by atoms with van der Waals surface area (Å²) < 4.78 is 2.63. The van der Waals surface area contributed by atoms with Gasteiger partial charge in [-0.3, -0.25) is 4.90 Å². The van der Waals surface area contributed by atoms with Crippen molar-refractivity contribution in [1.29, 1.82) is 0 Å². The highest BCUT2D eigenvalue weighted by molar-refractivity contribution is 6.32. The van der Waals surface area contributed by atoms with E-state index in [-0.39, 0.29) is 5.69 Å². The molecule has 1 fully saturated rings. The van der Waals surface area contributed by atoms with Crippen LogP contribution in [0.2, 0.25) is 5.02 Å². The van der Waals surface area contributed by atoms with Crippen LogP contribution in [0.5, 0.6) is 0 Å². The number of piperidine rings is 1. The number of tetrazole rings is 1. The van der Waals surface area contributed by atoms with Crippen molar-refractivity contribution in [1.82, 2.24) is 24.7 Å². The lowest BCUT2D eigenvalue weighted by atomic mass is 10.00. The summed E-state index contributed by atoms with van der Waals surface area (Å²) in [7, 11) is 0. The van der Waals surface area contributed by atoms with Gasteiger partial charge < -0.3 is 0 Å². The SMILES string of the molecule is CC1CCN(Cn2nnn(-c3ccccc3Cl)c2=O)CC1. The largest absolute Gasteiger partial charge is 0.369 e. The van der Waals surface area contributed by atoms with Crippen molar-refractivity contribution in [3.63, 3.8) is 0 Å². The first-order valence-electron chi connectivity index (χ1n) is 7.15. The number of aromatic nitrogens is 4. The average Bonchev–Trinajstić information content (AvgIpc) is 2.83. The zero-order valence-corrected chi connectivity index (χ0v) is 12.7. The van der Waals surface area contributed by atoms with Gasteiger partial charge in [0, 0.05) is 13.1 Å². The van der Waals surface area contributed by atoms with Crippen LogP contribution in [0.4, 0.5) is 0 Å². The van der Waals surface area contributed by atoms with Crippen LogP contribution in [0.15, 0.2) is 29.1 Å². The number of rotatable bonds is 3. The fraction of sp³-hybridized carbons (Fsp3) is 0.500. The second-order valence-electron chi connectivity index (χ2n) is 5.57. The quantitative estimate of drug-likeness (QED) is 0.867. The first kappa shape index (κ1) is 14.3. The van der Waals surface area contributed by atoms with Gasteiger partial charge in [0.2, 0.25) is 0 Å². The fourth-order valence-corrected chi connectivity index (χ4v) is 2.75. The standard InChI is InChI=1S/C14H18ClN5O/c1-11-6-8-18(9-7-11)10-19-14(21)20(17-16-19)13-5-3-2-4-12(13)15/h2-5,11H,6-10H2,1H3. The van der Waals surface area contributed by atoms with Crippen LogP contribution in [0.1, 0.15) is 19.8 Å². The van der Waals surface area contributed by atoms with E-state index in [0.29, 0.717) is 17.4 Å². The number of benzene rings is 1. The van der Waals surface area contributed by atoms with E-state index in [9.17, 15) is 4.79 Å². The van der Waals surface area contributed by atoms with E-state index in [2.05, 4.69) is 22.3 Å². The van der Waals surface area contributed by atoms with Gasteiger partial charge in [-0.15, -0.1) is 0 Å². The first-order chi connectivity index (χ1) is 10.1. The third-order valence-corrected chi connectivity index (χ3v) is 4.25. The Morgan fingerprint density at radius 1 is 1.24 bits per heavy atom. The van der Waals surface area contributed by atoms with Crippen LogP contribution in [0.3, 0.4) is 0 Å². The molecule has 7 heteroatoms. The third-order valence-electron chi connectivity index (χ3n) is 3.93. The topological polar surface area (TPSA) is 56.0 Å². The van der Waals surface area contributed by atoms with E-state index in [1.165, 1.54) is 9.36 Å². The minimum absolute atomic E-state index is 0.262. The van der Waals surface area contributed by atoms with Crippen LogP contribution in [-0.2, 0) is 6.67 Å². The molecule has 0 atom stereocenters. The predicted molar refractivity (Wildman–Crippen MR) is 80.6 cm³/mol. The number of hydrogen-bond acceptors (Lipinski definition) is 4. The predicted octanol–water partition coefficient (Wildman–Crippen LogP) is 1.77. The van der Waals surface area contributed by atoms with E-state index >= 15 is 0 Å². The number of likely N-dealkylation sites (tertiary alicyclic amines) is 1. The molecule has 0 amide bonds. The van der Waals surface area contributed by atoms with E-state index in [1.807, 2.05) is 12.1 Å². The molecule has 0 radical (unpaired) electrons. The molecular formula is C14H18ClN5O. The highest BCUT2D eigenvalue weighted by Gasteiger charge is 2.18. The lowest BCUT2D eigenvalue weighted by molar-refractivity contribution is 0.144. The second kappa shape index (κ2) is 5.99. The summed E-state index contributed by atoms with van der Waals surface area (Å²) in [5.41, 5.74) is 0.296. The molecule has 2 aromatic rings. The van der Waals surface area contributed by atoms with Gasteiger partial charge in [-0.1, -0.05) is 30.7 Å². The molecule has 1 aliphatic rings. The minimum atomic E-state index is -0.262. The summed E-state index contributed by atoms with van der Waals surface area (Å²) in [6, 6.07) is 7.12. The Kier molecular flexibility index (Phi) is 4.07. The van der Waals surface area contributed by atoms with Gasteiger partial charge in [0.05, 0.1) is 10.7 Å². The molecule has 6 nitrogen and oxygen atoms in total. The van der Waals surface area contributed by atoms with Gasteiger partial charge in [-0.25, -0.2) is 4.79 Å². The van der Waals surface area contributed by atoms with Gasteiger partial charge in [0.1, 0.15) is 6.67 Å². The summed E-state index contributed by atoms with van der Waals surface area (Å²) in [4.78, 5) is 14.6. The molecule has 3 rings (SSSR count). The molecule has 1 aliphatic heterocycles. The molecule has 0 unspecified atom stereocenters. The Hall–Kier alpha value is -1.66. The molecule has 0 aliphatic carbocycles. The Morgan fingerprint density at radius 2 is 1.95 bits per heavy atom. The smallest absolute Gasteiger partial charge is 0.284 e. The normalized spacial score (nSPS) is 17.2. The van der Waals surface area contributed by atoms with Gasteiger partial charge in [0.25, 0.3) is 0 Å². The van der Waals surface area contributed by atoms with Crippen LogP contribution in [-0.4, -0.2) is 37.8 Å². The van der Waals surface area contributed by atoms with Crippen molar-refractivity contribution in [3.8, 4) is 5.69 Å². The van der Waals surface area contributed by atoms with Crippen molar-refractivity contribution in [2.75, 3.05) is 13.1 Å². The maximum absolute atomic E-state index is 12.4. The van der Waals surface area contributed by atoms with Crippen LogP contribution >= 0.6 is 11.6 Å². The summed E-state index contributed by atoms with van der Waals surface area (Å²) in [5, 5.41) is 8.38. The first-order valence-corrected chi connectivity index (χ1v) is 7.53. The van der Waals surface area contributed by atoms with E-state index < -0.39 is 0 Å². The summed E-state index contributed by atoms with van der Waals surface area (Å²) in [6.45, 7) is 4.73. The Balaban J connectivity index is 1.80. The molecule has 112 valence electrons. The zero-order chi connectivity index (χ0) is 14.8. The monoisotopic (exact) mass is 307 g/mol. The van der Waals surface area contributed by atoms with E-state index in [1.54, 1.807) is 12.1 Å². The summed E-state index contributed by atoms with van der Waals surface area (Å²) in [5.74, 6) is 0.761. The number of para-hydroxylation sites is 1. The van der Waals surface area contributed by atoms with Crippen LogP contribution in [0.25, 0.3) is 5.69 Å². The molecule has 0 N–H and O–H groups in total. The van der Waals surface area contributed by atoms with Crippen molar-refractivity contribution in [2.24, 2.45) is 5.92 Å². The maximum Gasteiger partial charge on any atom is 0.369 e. The minimum Gasteiger partial charge on any atom is -0.284 e. The Labute approximate surface area is 127 Å². The number of halogens is 1. The molecule has 0 bridgehead atoms. The maximum atomic E-state index is 12.4. The molecular weight excluding hydrogens is 290 g/mol. The molecule has 21 heavy (non-hydrogen) atoms. The highest BCUT2D eigenvalue weighted by Crippen LogP contribution is 2.17.